The SMILES string of the molecule is C[C@@]1(N(CCNS(=O)(=O)c2cc(Br)ccc2Br)S(=O)(=O)c2cc(Br)ccc2Br)CCS(=O)(=O)C1. The van der Waals surface area contributed by atoms with Crippen LogP contribution < -0.4 is 4.72 Å². The third kappa shape index (κ3) is 6.33. The second-order valence-electron chi connectivity index (χ2n) is 7.96. The maximum Gasteiger partial charge on any atom is 0.244 e. The van der Waals surface area contributed by atoms with Crippen LogP contribution in [0.25, 0.3) is 0 Å². The molecule has 188 valence electrons. The molecule has 0 bridgehead atoms. The average Bonchev–Trinajstić information content (AvgIpc) is 3.01. The van der Waals surface area contributed by atoms with Gasteiger partial charge in [-0.25, -0.2) is 30.0 Å². The molecule has 0 aliphatic carbocycles. The van der Waals surface area contributed by atoms with Crippen molar-refractivity contribution < 1.29 is 25.3 Å². The van der Waals surface area contributed by atoms with Crippen molar-refractivity contribution in [3.05, 3.63) is 54.3 Å². The maximum atomic E-state index is 13.7. The van der Waals surface area contributed by atoms with Gasteiger partial charge < -0.3 is 0 Å². The minimum Gasteiger partial charge on any atom is -0.229 e. The van der Waals surface area contributed by atoms with E-state index >= 15 is 0 Å². The summed E-state index contributed by atoms with van der Waals surface area (Å²) in [6.07, 6.45) is 0.101. The number of nitrogens with one attached hydrogen (secondary N) is 1. The van der Waals surface area contributed by atoms with E-state index in [0.717, 1.165) is 4.31 Å². The van der Waals surface area contributed by atoms with Crippen molar-refractivity contribution in [2.24, 2.45) is 0 Å². The van der Waals surface area contributed by atoms with Crippen LogP contribution in [0.15, 0.2) is 64.1 Å². The van der Waals surface area contributed by atoms with E-state index in [4.69, 9.17) is 0 Å². The number of sulfone groups is 1. The van der Waals surface area contributed by atoms with Gasteiger partial charge in [0.1, 0.15) is 0 Å². The van der Waals surface area contributed by atoms with Gasteiger partial charge in [-0.3, -0.25) is 0 Å². The van der Waals surface area contributed by atoms with Crippen molar-refractivity contribution in [1.29, 1.82) is 0 Å². The maximum absolute atomic E-state index is 13.7. The fourth-order valence-electron chi connectivity index (χ4n) is 3.71. The fraction of sp³-hybridized carbons (Fsp3) is 0.368. The molecule has 1 N–H and O–H groups in total. The summed E-state index contributed by atoms with van der Waals surface area (Å²) in [7, 11) is -11.6. The summed E-state index contributed by atoms with van der Waals surface area (Å²) in [5, 5.41) is 0. The highest BCUT2D eigenvalue weighted by atomic mass is 79.9. The molecular weight excluding hydrogens is 768 g/mol. The Labute approximate surface area is 233 Å². The highest BCUT2D eigenvalue weighted by molar-refractivity contribution is 9.11. The van der Waals surface area contributed by atoms with E-state index in [9.17, 15) is 25.3 Å². The van der Waals surface area contributed by atoms with Crippen molar-refractivity contribution in [1.82, 2.24) is 9.03 Å². The first-order chi connectivity index (χ1) is 15.6. The minimum absolute atomic E-state index is 0.0133. The van der Waals surface area contributed by atoms with Crippen molar-refractivity contribution >= 4 is 93.6 Å². The first-order valence-electron chi connectivity index (χ1n) is 9.70. The summed E-state index contributed by atoms with van der Waals surface area (Å²) < 4.78 is 83.0. The lowest BCUT2D eigenvalue weighted by atomic mass is 10.0. The smallest absolute Gasteiger partial charge is 0.229 e. The molecule has 0 aromatic heterocycles. The van der Waals surface area contributed by atoms with Gasteiger partial charge in [-0.2, -0.15) is 4.31 Å². The van der Waals surface area contributed by atoms with Crippen LogP contribution in [0.5, 0.6) is 0 Å². The largest absolute Gasteiger partial charge is 0.244 e. The molecular formula is C19H20Br4N2O6S3. The zero-order chi connectivity index (χ0) is 25.5. The lowest BCUT2D eigenvalue weighted by Gasteiger charge is -2.36. The van der Waals surface area contributed by atoms with Gasteiger partial charge in [-0.05, 0) is 81.6 Å². The first-order valence-corrected chi connectivity index (χ1v) is 17.6. The molecule has 1 aliphatic rings. The molecule has 2 aromatic carbocycles. The summed E-state index contributed by atoms with van der Waals surface area (Å²) >= 11 is 13.0. The predicted molar refractivity (Wildman–Crippen MR) is 144 cm³/mol. The Kier molecular flexibility index (Phi) is 8.84. The summed E-state index contributed by atoms with van der Waals surface area (Å²) in [6, 6.07) is 9.32. The van der Waals surface area contributed by atoms with Crippen LogP contribution >= 0.6 is 63.7 Å². The molecule has 0 spiro atoms. The minimum atomic E-state index is -4.20. The molecule has 1 atom stereocenters. The van der Waals surface area contributed by atoms with Gasteiger partial charge in [0.2, 0.25) is 20.0 Å². The van der Waals surface area contributed by atoms with Crippen LogP contribution in [0.4, 0.5) is 0 Å². The topological polar surface area (TPSA) is 118 Å². The molecule has 1 fully saturated rings. The standard InChI is InChI=1S/C19H20Br4N2O6S3/c1-19(6-9-32(26,27)12-19)25(34(30,31)18-11-14(21)3-5-16(18)23)8-7-24-33(28,29)17-10-13(20)2-4-15(17)22/h2-5,10-11,24H,6-9,12H2,1H3/t19-/m1/s1. The van der Waals surface area contributed by atoms with Crippen molar-refractivity contribution in [2.75, 3.05) is 24.6 Å². The Morgan fingerprint density at radius 3 is 2.00 bits per heavy atom. The highest BCUT2D eigenvalue weighted by Crippen LogP contribution is 2.36. The molecule has 1 heterocycles. The van der Waals surface area contributed by atoms with E-state index in [0.29, 0.717) is 17.9 Å². The number of halogens is 4. The predicted octanol–water partition coefficient (Wildman–Crippen LogP) is 4.28. The van der Waals surface area contributed by atoms with E-state index in [1.165, 1.54) is 12.1 Å². The van der Waals surface area contributed by atoms with Crippen LogP contribution in [0.1, 0.15) is 13.3 Å². The number of hydrogen-bond acceptors (Lipinski definition) is 6. The third-order valence-electron chi connectivity index (χ3n) is 5.34. The Hall–Kier alpha value is 0.130. The zero-order valence-corrected chi connectivity index (χ0v) is 26.4. The summed E-state index contributed by atoms with van der Waals surface area (Å²) in [5.74, 6) is -0.499. The number of hydrogen-bond donors (Lipinski definition) is 1. The van der Waals surface area contributed by atoms with Gasteiger partial charge in [-0.15, -0.1) is 0 Å². The van der Waals surface area contributed by atoms with Gasteiger partial charge in [0.05, 0.1) is 21.3 Å². The van der Waals surface area contributed by atoms with Gasteiger partial charge in [0, 0.05) is 36.5 Å². The number of nitrogens with zero attached hydrogens (tertiary/aromatic N) is 1. The van der Waals surface area contributed by atoms with E-state index < -0.39 is 35.4 Å². The van der Waals surface area contributed by atoms with E-state index in [1.807, 2.05) is 0 Å². The Morgan fingerprint density at radius 1 is 0.941 bits per heavy atom. The third-order valence-corrected chi connectivity index (χ3v) is 13.7. The van der Waals surface area contributed by atoms with Crippen LogP contribution in [0.2, 0.25) is 0 Å². The normalized spacial score (nSPS) is 20.6. The van der Waals surface area contributed by atoms with Crippen molar-refractivity contribution in [2.45, 2.75) is 28.7 Å². The molecule has 3 rings (SSSR count). The van der Waals surface area contributed by atoms with Crippen LogP contribution in [0, 0.1) is 0 Å². The van der Waals surface area contributed by atoms with Crippen LogP contribution in [-0.4, -0.2) is 59.7 Å². The molecule has 2 aromatic rings. The number of sulfonamides is 2. The quantitative estimate of drug-likeness (QED) is 0.427. The lowest BCUT2D eigenvalue weighted by molar-refractivity contribution is 0.236. The summed E-state index contributed by atoms with van der Waals surface area (Å²) in [5.41, 5.74) is -1.23. The Bertz CT molecular complexity index is 1430. The second kappa shape index (κ2) is 10.5. The number of rotatable bonds is 8. The number of benzene rings is 2. The van der Waals surface area contributed by atoms with Crippen LogP contribution in [-0.2, 0) is 29.9 Å². The van der Waals surface area contributed by atoms with Gasteiger partial charge in [-0.1, -0.05) is 31.9 Å². The Morgan fingerprint density at radius 2 is 1.47 bits per heavy atom. The summed E-state index contributed by atoms with van der Waals surface area (Å²) in [4.78, 5) is -0.0642. The lowest BCUT2D eigenvalue weighted by Crippen LogP contribution is -2.53. The average molecular weight is 788 g/mol. The molecule has 34 heavy (non-hydrogen) atoms. The molecule has 8 nitrogen and oxygen atoms in total. The molecule has 0 unspecified atom stereocenters. The monoisotopic (exact) mass is 784 g/mol. The zero-order valence-electron chi connectivity index (χ0n) is 17.6. The molecule has 15 heteroatoms. The highest BCUT2D eigenvalue weighted by Gasteiger charge is 2.48. The van der Waals surface area contributed by atoms with Crippen molar-refractivity contribution in [3.8, 4) is 0 Å². The first kappa shape index (κ1) is 28.7. The van der Waals surface area contributed by atoms with Gasteiger partial charge >= 0.3 is 0 Å². The van der Waals surface area contributed by atoms with E-state index in [1.54, 1.807) is 31.2 Å². The van der Waals surface area contributed by atoms with Gasteiger partial charge in [0.15, 0.2) is 9.84 Å². The van der Waals surface area contributed by atoms with E-state index in [2.05, 4.69) is 68.4 Å². The molecule has 0 radical (unpaired) electrons. The van der Waals surface area contributed by atoms with E-state index in [-0.39, 0.29) is 40.8 Å². The molecule has 1 saturated heterocycles. The molecule has 0 amide bonds. The van der Waals surface area contributed by atoms with Crippen LogP contribution in [0.3, 0.4) is 0 Å². The summed E-state index contributed by atoms with van der Waals surface area (Å²) in [6.45, 7) is 1.04. The fourth-order valence-corrected chi connectivity index (χ4v) is 11.7. The van der Waals surface area contributed by atoms with Gasteiger partial charge in [0.25, 0.3) is 0 Å². The molecule has 1 aliphatic heterocycles. The van der Waals surface area contributed by atoms with Crippen molar-refractivity contribution in [3.63, 3.8) is 0 Å². The second-order valence-corrected chi connectivity index (χ2v) is 17.3. The molecule has 0 saturated carbocycles. The Balaban J connectivity index is 1.96.